The average molecular weight is 211 g/mol. The van der Waals surface area contributed by atoms with Gasteiger partial charge in [0.1, 0.15) is 0 Å². The van der Waals surface area contributed by atoms with Crippen LogP contribution in [0.2, 0.25) is 0 Å². The highest BCUT2D eigenvalue weighted by Crippen LogP contribution is 2.20. The minimum absolute atomic E-state index is 0.764. The van der Waals surface area contributed by atoms with Crippen LogP contribution in [0.1, 0.15) is 26.2 Å². The van der Waals surface area contributed by atoms with Crippen LogP contribution in [-0.2, 0) is 0 Å². The van der Waals surface area contributed by atoms with Crippen molar-refractivity contribution < 1.29 is 0 Å². The molecule has 0 radical (unpaired) electrons. The molecule has 2 rings (SSSR count). The molecule has 3 nitrogen and oxygen atoms in total. The third-order valence-corrected chi connectivity index (χ3v) is 4.07. The molecule has 2 aliphatic rings. The van der Waals surface area contributed by atoms with Gasteiger partial charge in [0.05, 0.1) is 0 Å². The van der Waals surface area contributed by atoms with Crippen molar-refractivity contribution in [2.75, 3.05) is 39.8 Å². The number of rotatable bonds is 1. The van der Waals surface area contributed by atoms with Crippen molar-refractivity contribution in [2.45, 2.75) is 38.3 Å². The van der Waals surface area contributed by atoms with Gasteiger partial charge >= 0.3 is 0 Å². The molecule has 0 spiro atoms. The molecule has 1 N–H and O–H groups in total. The molecule has 2 heterocycles. The number of likely N-dealkylation sites (tertiary alicyclic amines) is 1. The second-order valence-electron chi connectivity index (χ2n) is 5.15. The van der Waals surface area contributed by atoms with Crippen LogP contribution in [-0.4, -0.2) is 61.7 Å². The van der Waals surface area contributed by atoms with Crippen molar-refractivity contribution in [3.05, 3.63) is 0 Å². The molecule has 2 unspecified atom stereocenters. The molecule has 2 fully saturated rings. The predicted molar refractivity (Wildman–Crippen MR) is 64.2 cm³/mol. The molecule has 15 heavy (non-hydrogen) atoms. The Hall–Kier alpha value is -0.120. The second-order valence-corrected chi connectivity index (χ2v) is 5.15. The van der Waals surface area contributed by atoms with E-state index >= 15 is 0 Å². The van der Waals surface area contributed by atoms with Crippen molar-refractivity contribution in [2.24, 2.45) is 0 Å². The summed E-state index contributed by atoms with van der Waals surface area (Å²) in [7, 11) is 2.25. The minimum atomic E-state index is 0.764. The summed E-state index contributed by atoms with van der Waals surface area (Å²) in [6.45, 7) is 8.58. The summed E-state index contributed by atoms with van der Waals surface area (Å²) >= 11 is 0. The van der Waals surface area contributed by atoms with Crippen molar-refractivity contribution in [3.63, 3.8) is 0 Å². The summed E-state index contributed by atoms with van der Waals surface area (Å²) in [6.07, 6.45) is 4.04. The molecule has 0 aliphatic carbocycles. The fraction of sp³-hybridized carbons (Fsp3) is 1.00. The number of nitrogens with one attached hydrogen (secondary N) is 1. The first kappa shape index (κ1) is 11.4. The van der Waals surface area contributed by atoms with Gasteiger partial charge in [-0.1, -0.05) is 0 Å². The lowest BCUT2D eigenvalue weighted by atomic mass is 9.97. The van der Waals surface area contributed by atoms with Crippen LogP contribution in [0.5, 0.6) is 0 Å². The summed E-state index contributed by atoms with van der Waals surface area (Å²) in [6, 6.07) is 1.61. The maximum atomic E-state index is 3.48. The van der Waals surface area contributed by atoms with Crippen molar-refractivity contribution in [3.8, 4) is 0 Å². The SMILES string of the molecule is CC1CC(N2CCCNCC2)CCN1C. The van der Waals surface area contributed by atoms with Crippen LogP contribution >= 0.6 is 0 Å². The number of hydrogen-bond donors (Lipinski definition) is 1. The molecule has 2 aliphatic heterocycles. The van der Waals surface area contributed by atoms with E-state index in [1.807, 2.05) is 0 Å². The van der Waals surface area contributed by atoms with Gasteiger partial charge in [0, 0.05) is 25.2 Å². The van der Waals surface area contributed by atoms with Crippen LogP contribution in [0.25, 0.3) is 0 Å². The molecule has 3 heteroatoms. The van der Waals surface area contributed by atoms with Gasteiger partial charge in [-0.15, -0.1) is 0 Å². The topological polar surface area (TPSA) is 18.5 Å². The molecular formula is C12H25N3. The number of hydrogen-bond acceptors (Lipinski definition) is 3. The van der Waals surface area contributed by atoms with E-state index in [4.69, 9.17) is 0 Å². The van der Waals surface area contributed by atoms with Crippen molar-refractivity contribution in [1.82, 2.24) is 15.1 Å². The Balaban J connectivity index is 1.86. The Bertz CT molecular complexity index is 187. The Labute approximate surface area is 93.8 Å². The highest BCUT2D eigenvalue weighted by molar-refractivity contribution is 4.84. The van der Waals surface area contributed by atoms with Gasteiger partial charge in [0.2, 0.25) is 0 Å². The molecule has 0 aromatic carbocycles. The van der Waals surface area contributed by atoms with E-state index in [9.17, 15) is 0 Å². The predicted octanol–water partition coefficient (Wildman–Crippen LogP) is 0.764. The zero-order chi connectivity index (χ0) is 10.7. The lowest BCUT2D eigenvalue weighted by molar-refractivity contribution is 0.0923. The van der Waals surface area contributed by atoms with Crippen molar-refractivity contribution in [1.29, 1.82) is 0 Å². The first-order valence-corrected chi connectivity index (χ1v) is 6.42. The van der Waals surface area contributed by atoms with Crippen LogP contribution < -0.4 is 5.32 Å². The van der Waals surface area contributed by atoms with E-state index in [0.29, 0.717) is 0 Å². The summed E-state index contributed by atoms with van der Waals surface area (Å²) in [5.41, 5.74) is 0. The van der Waals surface area contributed by atoms with Gasteiger partial charge in [0.15, 0.2) is 0 Å². The lowest BCUT2D eigenvalue weighted by Crippen LogP contribution is -2.48. The van der Waals surface area contributed by atoms with Crippen molar-refractivity contribution >= 4 is 0 Å². The molecule has 0 bridgehead atoms. The largest absolute Gasteiger partial charge is 0.315 e. The van der Waals surface area contributed by atoms with E-state index in [2.05, 4.69) is 29.1 Å². The third-order valence-electron chi connectivity index (χ3n) is 4.07. The second kappa shape index (κ2) is 5.28. The highest BCUT2D eigenvalue weighted by Gasteiger charge is 2.27. The van der Waals surface area contributed by atoms with E-state index in [1.165, 1.54) is 52.0 Å². The average Bonchev–Trinajstić information content (AvgIpc) is 2.50. The van der Waals surface area contributed by atoms with Crippen LogP contribution in [0.4, 0.5) is 0 Å². The molecule has 0 saturated carbocycles. The third kappa shape index (κ3) is 2.92. The number of nitrogens with zero attached hydrogens (tertiary/aromatic N) is 2. The minimum Gasteiger partial charge on any atom is -0.315 e. The summed E-state index contributed by atoms with van der Waals surface area (Å²) in [4.78, 5) is 5.20. The zero-order valence-electron chi connectivity index (χ0n) is 10.2. The fourth-order valence-electron chi connectivity index (χ4n) is 2.83. The molecular weight excluding hydrogens is 186 g/mol. The first-order valence-electron chi connectivity index (χ1n) is 6.42. The summed E-state index contributed by atoms with van der Waals surface area (Å²) in [5, 5.41) is 3.48. The maximum absolute atomic E-state index is 3.48. The molecule has 2 saturated heterocycles. The Morgan fingerprint density at radius 3 is 2.80 bits per heavy atom. The molecule has 2 atom stereocenters. The normalized spacial score (nSPS) is 36.4. The summed E-state index contributed by atoms with van der Waals surface area (Å²) < 4.78 is 0. The Kier molecular flexibility index (Phi) is 4.00. The maximum Gasteiger partial charge on any atom is 0.0123 e. The Morgan fingerprint density at radius 2 is 2.00 bits per heavy atom. The van der Waals surface area contributed by atoms with Gasteiger partial charge in [-0.05, 0) is 52.9 Å². The molecule has 88 valence electrons. The number of piperidine rings is 1. The quantitative estimate of drug-likeness (QED) is 0.691. The first-order chi connectivity index (χ1) is 7.27. The van der Waals surface area contributed by atoms with Gasteiger partial charge in [-0.3, -0.25) is 4.90 Å². The van der Waals surface area contributed by atoms with E-state index < -0.39 is 0 Å². The van der Waals surface area contributed by atoms with E-state index in [0.717, 1.165) is 12.1 Å². The van der Waals surface area contributed by atoms with E-state index in [1.54, 1.807) is 0 Å². The standard InChI is InChI=1S/C12H25N3/c1-11-10-12(4-8-14(11)2)15-7-3-5-13-6-9-15/h11-13H,3-10H2,1-2H3. The van der Waals surface area contributed by atoms with Gasteiger partial charge in [0.25, 0.3) is 0 Å². The van der Waals surface area contributed by atoms with Gasteiger partial charge < -0.3 is 10.2 Å². The van der Waals surface area contributed by atoms with Gasteiger partial charge in [-0.2, -0.15) is 0 Å². The molecule has 0 amide bonds. The molecule has 0 aromatic rings. The van der Waals surface area contributed by atoms with E-state index in [-0.39, 0.29) is 0 Å². The monoisotopic (exact) mass is 211 g/mol. The van der Waals surface area contributed by atoms with Crippen LogP contribution in [0, 0.1) is 0 Å². The Morgan fingerprint density at radius 1 is 1.13 bits per heavy atom. The highest BCUT2D eigenvalue weighted by atomic mass is 15.2. The molecule has 0 aromatic heterocycles. The van der Waals surface area contributed by atoms with Crippen LogP contribution in [0.15, 0.2) is 0 Å². The van der Waals surface area contributed by atoms with Crippen LogP contribution in [0.3, 0.4) is 0 Å². The zero-order valence-corrected chi connectivity index (χ0v) is 10.2. The lowest BCUT2D eigenvalue weighted by Gasteiger charge is -2.40. The summed E-state index contributed by atoms with van der Waals surface area (Å²) in [5.74, 6) is 0. The smallest absolute Gasteiger partial charge is 0.0123 e. The fourth-order valence-corrected chi connectivity index (χ4v) is 2.83. The van der Waals surface area contributed by atoms with Gasteiger partial charge in [-0.25, -0.2) is 0 Å².